The van der Waals surface area contributed by atoms with Crippen molar-refractivity contribution in [2.75, 3.05) is 11.9 Å². The maximum atomic E-state index is 6.20. The number of aryl methyl sites for hydroxylation is 1. The topological polar surface area (TPSA) is 12.0 Å². The second-order valence-electron chi connectivity index (χ2n) is 5.01. The van der Waals surface area contributed by atoms with Crippen molar-refractivity contribution in [2.24, 2.45) is 0 Å². The Hall–Kier alpha value is -1.47. The van der Waals surface area contributed by atoms with E-state index in [9.17, 15) is 0 Å². The van der Waals surface area contributed by atoms with Crippen LogP contribution < -0.4 is 5.32 Å². The molecule has 0 aliphatic carbocycles. The predicted molar refractivity (Wildman–Crippen MR) is 84.2 cm³/mol. The van der Waals surface area contributed by atoms with Crippen molar-refractivity contribution in [3.63, 3.8) is 0 Å². The van der Waals surface area contributed by atoms with Gasteiger partial charge in [0.2, 0.25) is 0 Å². The first-order valence-corrected chi connectivity index (χ1v) is 7.09. The van der Waals surface area contributed by atoms with Crippen LogP contribution in [-0.2, 0) is 0 Å². The zero-order chi connectivity index (χ0) is 13.7. The molecule has 0 fully saturated rings. The van der Waals surface area contributed by atoms with E-state index in [-0.39, 0.29) is 0 Å². The summed E-state index contributed by atoms with van der Waals surface area (Å²) in [6.45, 7) is 5.24. The number of anilines is 1. The van der Waals surface area contributed by atoms with Crippen molar-refractivity contribution >= 4 is 17.3 Å². The van der Waals surface area contributed by atoms with Crippen LogP contribution in [0.15, 0.2) is 48.5 Å². The third-order valence-corrected chi connectivity index (χ3v) is 3.70. The number of benzene rings is 2. The van der Waals surface area contributed by atoms with Crippen LogP contribution in [0.4, 0.5) is 5.69 Å². The molecule has 0 bridgehead atoms. The van der Waals surface area contributed by atoms with Gasteiger partial charge >= 0.3 is 0 Å². The summed E-state index contributed by atoms with van der Waals surface area (Å²) in [6.07, 6.45) is 1.09. The van der Waals surface area contributed by atoms with E-state index in [0.29, 0.717) is 5.92 Å². The average molecular weight is 274 g/mol. The molecule has 19 heavy (non-hydrogen) atoms. The minimum atomic E-state index is 0.554. The van der Waals surface area contributed by atoms with Crippen molar-refractivity contribution in [3.8, 4) is 0 Å². The quantitative estimate of drug-likeness (QED) is 0.784. The molecule has 2 aromatic carbocycles. The van der Waals surface area contributed by atoms with E-state index in [4.69, 9.17) is 11.6 Å². The van der Waals surface area contributed by atoms with E-state index in [0.717, 1.165) is 23.7 Å². The molecule has 0 radical (unpaired) electrons. The zero-order valence-corrected chi connectivity index (χ0v) is 12.2. The predicted octanol–water partition coefficient (Wildman–Crippen LogP) is 5.25. The molecule has 0 heterocycles. The lowest BCUT2D eigenvalue weighted by Crippen LogP contribution is -2.06. The van der Waals surface area contributed by atoms with Crippen molar-refractivity contribution in [1.82, 2.24) is 0 Å². The molecule has 1 N–H and O–H groups in total. The van der Waals surface area contributed by atoms with E-state index in [2.05, 4.69) is 48.6 Å². The monoisotopic (exact) mass is 273 g/mol. The van der Waals surface area contributed by atoms with Gasteiger partial charge in [-0.15, -0.1) is 0 Å². The molecule has 0 saturated heterocycles. The van der Waals surface area contributed by atoms with Crippen LogP contribution >= 0.6 is 11.6 Å². The molecule has 0 aliphatic rings. The fourth-order valence-corrected chi connectivity index (χ4v) is 2.44. The first kappa shape index (κ1) is 14.0. The molecule has 1 nitrogen and oxygen atoms in total. The summed E-state index contributed by atoms with van der Waals surface area (Å²) in [4.78, 5) is 0. The highest BCUT2D eigenvalue weighted by atomic mass is 35.5. The van der Waals surface area contributed by atoms with Gasteiger partial charge in [-0.1, -0.05) is 54.9 Å². The van der Waals surface area contributed by atoms with Crippen LogP contribution in [0.5, 0.6) is 0 Å². The number of halogens is 1. The first-order valence-electron chi connectivity index (χ1n) is 6.72. The van der Waals surface area contributed by atoms with Crippen molar-refractivity contribution in [1.29, 1.82) is 0 Å². The van der Waals surface area contributed by atoms with Crippen LogP contribution in [0, 0.1) is 6.92 Å². The third kappa shape index (κ3) is 4.00. The molecule has 2 heteroatoms. The normalized spacial score (nSPS) is 12.2. The zero-order valence-electron chi connectivity index (χ0n) is 11.5. The Kier molecular flexibility index (Phi) is 4.86. The van der Waals surface area contributed by atoms with Crippen LogP contribution in [0.25, 0.3) is 0 Å². The maximum Gasteiger partial charge on any atom is 0.0640 e. The summed E-state index contributed by atoms with van der Waals surface area (Å²) < 4.78 is 0. The third-order valence-electron chi connectivity index (χ3n) is 3.39. The van der Waals surface area contributed by atoms with Crippen LogP contribution in [-0.4, -0.2) is 6.54 Å². The molecule has 1 atom stereocenters. The van der Waals surface area contributed by atoms with Crippen molar-refractivity contribution in [2.45, 2.75) is 26.2 Å². The van der Waals surface area contributed by atoms with E-state index in [1.807, 2.05) is 19.1 Å². The lowest BCUT2D eigenvalue weighted by molar-refractivity contribution is 0.706. The van der Waals surface area contributed by atoms with Crippen LogP contribution in [0.1, 0.15) is 30.4 Å². The number of hydrogen-bond donors (Lipinski definition) is 1. The van der Waals surface area contributed by atoms with Crippen LogP contribution in [0.2, 0.25) is 5.02 Å². The Balaban J connectivity index is 1.86. The van der Waals surface area contributed by atoms with Crippen LogP contribution in [0.3, 0.4) is 0 Å². The molecule has 0 aliphatic heterocycles. The van der Waals surface area contributed by atoms with Gasteiger partial charge in [0.1, 0.15) is 0 Å². The highest BCUT2D eigenvalue weighted by molar-refractivity contribution is 6.33. The molecule has 0 amide bonds. The number of rotatable bonds is 5. The van der Waals surface area contributed by atoms with E-state index >= 15 is 0 Å². The largest absolute Gasteiger partial charge is 0.384 e. The van der Waals surface area contributed by atoms with Gasteiger partial charge in [0, 0.05) is 6.54 Å². The second kappa shape index (κ2) is 6.63. The Morgan fingerprint density at radius 1 is 1.11 bits per heavy atom. The molecular weight excluding hydrogens is 254 g/mol. The molecule has 1 unspecified atom stereocenters. The SMILES string of the molecule is Cc1ccc(NCCC(C)c2ccccc2)c(Cl)c1. The summed E-state index contributed by atoms with van der Waals surface area (Å²) in [6, 6.07) is 16.7. The van der Waals surface area contributed by atoms with Gasteiger partial charge in [-0.2, -0.15) is 0 Å². The Morgan fingerprint density at radius 3 is 2.53 bits per heavy atom. The first-order chi connectivity index (χ1) is 9.16. The highest BCUT2D eigenvalue weighted by Gasteiger charge is 2.05. The molecule has 0 aromatic heterocycles. The summed E-state index contributed by atoms with van der Waals surface area (Å²) in [5, 5.41) is 4.21. The second-order valence-corrected chi connectivity index (χ2v) is 5.42. The minimum absolute atomic E-state index is 0.554. The fraction of sp³-hybridized carbons (Fsp3) is 0.294. The van der Waals surface area contributed by atoms with E-state index in [1.54, 1.807) is 0 Å². The summed E-state index contributed by atoms with van der Waals surface area (Å²) in [5.41, 5.74) is 3.60. The van der Waals surface area contributed by atoms with Gasteiger partial charge in [-0.05, 0) is 42.5 Å². The average Bonchev–Trinajstić information content (AvgIpc) is 2.42. The van der Waals surface area contributed by atoms with Gasteiger partial charge < -0.3 is 5.32 Å². The van der Waals surface area contributed by atoms with Gasteiger partial charge in [0.15, 0.2) is 0 Å². The van der Waals surface area contributed by atoms with Crippen molar-refractivity contribution < 1.29 is 0 Å². The fourth-order valence-electron chi connectivity index (χ4n) is 2.14. The Morgan fingerprint density at radius 2 is 1.84 bits per heavy atom. The molecule has 2 rings (SSSR count). The molecule has 0 spiro atoms. The van der Waals surface area contributed by atoms with Gasteiger partial charge in [-0.25, -0.2) is 0 Å². The van der Waals surface area contributed by atoms with Crippen molar-refractivity contribution in [3.05, 3.63) is 64.7 Å². The smallest absolute Gasteiger partial charge is 0.0640 e. The molecule has 0 saturated carbocycles. The summed E-state index contributed by atoms with van der Waals surface area (Å²) in [7, 11) is 0. The van der Waals surface area contributed by atoms with E-state index < -0.39 is 0 Å². The summed E-state index contributed by atoms with van der Waals surface area (Å²) >= 11 is 6.20. The summed E-state index contributed by atoms with van der Waals surface area (Å²) in [5.74, 6) is 0.554. The standard InChI is InChI=1S/C17H20ClN/c1-13-8-9-17(16(18)12-13)19-11-10-14(2)15-6-4-3-5-7-15/h3-9,12,14,19H,10-11H2,1-2H3. The van der Waals surface area contributed by atoms with Gasteiger partial charge in [0.25, 0.3) is 0 Å². The molecule has 2 aromatic rings. The lowest BCUT2D eigenvalue weighted by atomic mass is 9.98. The number of nitrogens with one attached hydrogen (secondary N) is 1. The Labute approximate surface area is 120 Å². The number of hydrogen-bond acceptors (Lipinski definition) is 1. The van der Waals surface area contributed by atoms with Gasteiger partial charge in [0.05, 0.1) is 10.7 Å². The lowest BCUT2D eigenvalue weighted by Gasteiger charge is -2.14. The highest BCUT2D eigenvalue weighted by Crippen LogP contribution is 2.24. The maximum absolute atomic E-state index is 6.20. The minimum Gasteiger partial charge on any atom is -0.384 e. The van der Waals surface area contributed by atoms with E-state index in [1.165, 1.54) is 11.1 Å². The molecular formula is C17H20ClN. The Bertz CT molecular complexity index is 522. The van der Waals surface area contributed by atoms with Gasteiger partial charge in [-0.3, -0.25) is 0 Å². The molecule has 100 valence electrons.